The minimum atomic E-state index is -0.951. The van der Waals surface area contributed by atoms with Crippen molar-refractivity contribution in [3.8, 4) is 0 Å². The number of amides is 2. The van der Waals surface area contributed by atoms with Gasteiger partial charge in [-0.05, 0) is 60.0 Å². The fraction of sp³-hybridized carbons (Fsp3) is 0.179. The van der Waals surface area contributed by atoms with Crippen molar-refractivity contribution in [3.63, 3.8) is 0 Å². The van der Waals surface area contributed by atoms with Crippen molar-refractivity contribution in [2.75, 3.05) is 4.90 Å². The summed E-state index contributed by atoms with van der Waals surface area (Å²) >= 11 is 0. The molecule has 9 heteroatoms. The molecule has 5 rings (SSSR count). The summed E-state index contributed by atoms with van der Waals surface area (Å²) in [6, 6.07) is 21.2. The average molecular weight is 495 g/mol. The Bertz CT molecular complexity index is 1500. The summed E-state index contributed by atoms with van der Waals surface area (Å²) in [7, 11) is 0. The third-order valence-electron chi connectivity index (χ3n) is 6.15. The average Bonchev–Trinajstić information content (AvgIpc) is 3.61. The number of nitrogens with one attached hydrogen (secondary N) is 1. The second-order valence-electron chi connectivity index (χ2n) is 8.46. The van der Waals surface area contributed by atoms with E-state index in [2.05, 4.69) is 20.6 Å². The zero-order chi connectivity index (χ0) is 25.6. The summed E-state index contributed by atoms with van der Waals surface area (Å²) in [6.07, 6.45) is 5.46. The molecule has 1 N–H and O–H groups in total. The number of benzene rings is 2. The van der Waals surface area contributed by atoms with Gasteiger partial charge in [-0.3, -0.25) is 19.5 Å². The zero-order valence-corrected chi connectivity index (χ0v) is 20.3. The van der Waals surface area contributed by atoms with Gasteiger partial charge >= 0.3 is 0 Å². The molecule has 0 aliphatic rings. The van der Waals surface area contributed by atoms with Crippen molar-refractivity contribution in [1.82, 2.24) is 25.3 Å². The van der Waals surface area contributed by atoms with Crippen LogP contribution >= 0.6 is 0 Å². The van der Waals surface area contributed by atoms with Crippen LogP contribution in [-0.2, 0) is 29.1 Å². The van der Waals surface area contributed by atoms with E-state index in [4.69, 9.17) is 4.42 Å². The Hall–Kier alpha value is -4.79. The highest BCUT2D eigenvalue weighted by Crippen LogP contribution is 2.31. The molecule has 3 heterocycles. The number of nitrogens with zero attached hydrogens (tertiary/aromatic N) is 5. The van der Waals surface area contributed by atoms with E-state index < -0.39 is 6.04 Å². The molecule has 0 aliphatic carbocycles. The van der Waals surface area contributed by atoms with E-state index in [1.807, 2.05) is 55.5 Å². The lowest BCUT2D eigenvalue weighted by atomic mass is 10.0. The molecule has 2 amide bonds. The number of fused-ring (bicyclic) bond motifs is 1. The van der Waals surface area contributed by atoms with Gasteiger partial charge in [0.2, 0.25) is 11.8 Å². The highest BCUT2D eigenvalue weighted by Gasteiger charge is 2.34. The van der Waals surface area contributed by atoms with Crippen LogP contribution in [0, 0.1) is 0 Å². The molecule has 0 aliphatic heterocycles. The van der Waals surface area contributed by atoms with Gasteiger partial charge in [0.1, 0.15) is 23.9 Å². The van der Waals surface area contributed by atoms with Crippen molar-refractivity contribution in [2.24, 2.45) is 0 Å². The van der Waals surface area contributed by atoms with E-state index in [0.29, 0.717) is 28.9 Å². The second-order valence-corrected chi connectivity index (χ2v) is 8.46. The third-order valence-corrected chi connectivity index (χ3v) is 6.15. The molecular formula is C28H26N6O3. The molecule has 3 aromatic heterocycles. The van der Waals surface area contributed by atoms with Gasteiger partial charge in [-0.15, -0.1) is 5.10 Å². The Kier molecular flexibility index (Phi) is 7.02. The number of anilines is 1. The van der Waals surface area contributed by atoms with Gasteiger partial charge in [-0.2, -0.15) is 0 Å². The first-order valence-electron chi connectivity index (χ1n) is 12.0. The Morgan fingerprint density at radius 2 is 1.78 bits per heavy atom. The molecule has 9 nitrogen and oxygen atoms in total. The maximum absolute atomic E-state index is 14.1. The highest BCUT2D eigenvalue weighted by atomic mass is 16.3. The van der Waals surface area contributed by atoms with Crippen LogP contribution in [0.2, 0.25) is 0 Å². The first-order valence-corrected chi connectivity index (χ1v) is 12.0. The number of pyridine rings is 1. The molecule has 186 valence electrons. The van der Waals surface area contributed by atoms with Gasteiger partial charge in [-0.1, -0.05) is 42.5 Å². The quantitative estimate of drug-likeness (QED) is 0.331. The van der Waals surface area contributed by atoms with E-state index >= 15 is 0 Å². The van der Waals surface area contributed by atoms with Gasteiger partial charge in [-0.25, -0.2) is 4.68 Å². The lowest BCUT2D eigenvalue weighted by molar-refractivity contribution is -0.127. The monoisotopic (exact) mass is 494 g/mol. The number of carbonyl (C=O) groups is 2. The van der Waals surface area contributed by atoms with Crippen LogP contribution in [0.25, 0.3) is 11.0 Å². The Labute approximate surface area is 213 Å². The lowest BCUT2D eigenvalue weighted by Crippen LogP contribution is -2.45. The smallest absolute Gasteiger partial charge is 0.249 e. The molecule has 0 saturated heterocycles. The normalized spacial score (nSPS) is 11.8. The molecular weight excluding hydrogens is 468 g/mol. The predicted molar refractivity (Wildman–Crippen MR) is 138 cm³/mol. The Morgan fingerprint density at radius 3 is 2.57 bits per heavy atom. The number of rotatable bonds is 9. The maximum atomic E-state index is 14.1. The minimum absolute atomic E-state index is 0.0917. The van der Waals surface area contributed by atoms with Crippen LogP contribution in [0.5, 0.6) is 0 Å². The molecule has 5 aromatic rings. The molecule has 37 heavy (non-hydrogen) atoms. The molecule has 0 saturated carbocycles. The SMILES string of the molecule is CCc1ccccc1N(C(=O)Cn1nnc2ccccc21)C(C(=O)NCc1ccco1)c1ccncc1. The van der Waals surface area contributed by atoms with Crippen molar-refractivity contribution < 1.29 is 14.0 Å². The number of hydrogen-bond acceptors (Lipinski definition) is 6. The summed E-state index contributed by atoms with van der Waals surface area (Å²) in [5.41, 5.74) is 3.67. The van der Waals surface area contributed by atoms with E-state index in [-0.39, 0.29) is 24.9 Å². The van der Waals surface area contributed by atoms with Crippen molar-refractivity contribution in [1.29, 1.82) is 0 Å². The molecule has 0 radical (unpaired) electrons. The summed E-state index contributed by atoms with van der Waals surface area (Å²) in [6.45, 7) is 2.12. The summed E-state index contributed by atoms with van der Waals surface area (Å²) in [5.74, 6) is -0.0282. The topological polar surface area (TPSA) is 106 Å². The van der Waals surface area contributed by atoms with E-state index in [1.165, 1.54) is 0 Å². The van der Waals surface area contributed by atoms with Crippen LogP contribution in [0.15, 0.2) is 95.9 Å². The standard InChI is InChI=1S/C28H26N6O3/c1-2-20-8-3-5-11-24(20)34(26(35)19-33-25-12-6-4-10-23(25)31-32-33)27(21-13-15-29-16-14-21)28(36)30-18-22-9-7-17-37-22/h3-17,27H,2,18-19H2,1H3,(H,30,36). The Balaban J connectivity index is 1.57. The number of carbonyl (C=O) groups excluding carboxylic acids is 2. The number of furan rings is 1. The highest BCUT2D eigenvalue weighted by molar-refractivity contribution is 6.02. The third kappa shape index (κ3) is 5.11. The number of aromatic nitrogens is 4. The van der Waals surface area contributed by atoms with Crippen LogP contribution in [0.1, 0.15) is 29.9 Å². The fourth-order valence-electron chi connectivity index (χ4n) is 4.35. The van der Waals surface area contributed by atoms with Crippen LogP contribution in [0.3, 0.4) is 0 Å². The molecule has 0 bridgehead atoms. The molecule has 2 aromatic carbocycles. The summed E-state index contributed by atoms with van der Waals surface area (Å²) < 4.78 is 6.94. The van der Waals surface area contributed by atoms with Gasteiger partial charge < -0.3 is 9.73 Å². The zero-order valence-electron chi connectivity index (χ0n) is 20.3. The van der Waals surface area contributed by atoms with Gasteiger partial charge in [0.15, 0.2) is 0 Å². The van der Waals surface area contributed by atoms with E-state index in [0.717, 1.165) is 11.1 Å². The largest absolute Gasteiger partial charge is 0.467 e. The number of hydrogen-bond donors (Lipinski definition) is 1. The molecule has 1 unspecified atom stereocenters. The van der Waals surface area contributed by atoms with E-state index in [9.17, 15) is 9.59 Å². The second kappa shape index (κ2) is 10.9. The lowest BCUT2D eigenvalue weighted by Gasteiger charge is -2.32. The number of para-hydroxylation sites is 2. The van der Waals surface area contributed by atoms with Crippen molar-refractivity contribution in [2.45, 2.75) is 32.5 Å². The van der Waals surface area contributed by atoms with E-state index in [1.54, 1.807) is 52.5 Å². The summed E-state index contributed by atoms with van der Waals surface area (Å²) in [4.78, 5) is 33.5. The first-order chi connectivity index (χ1) is 18.2. The van der Waals surface area contributed by atoms with Crippen molar-refractivity contribution in [3.05, 3.63) is 108 Å². The molecule has 0 spiro atoms. The molecule has 1 atom stereocenters. The fourth-order valence-corrected chi connectivity index (χ4v) is 4.35. The van der Waals surface area contributed by atoms with Gasteiger partial charge in [0.25, 0.3) is 0 Å². The molecule has 0 fully saturated rings. The van der Waals surface area contributed by atoms with Crippen LogP contribution < -0.4 is 10.2 Å². The summed E-state index contributed by atoms with van der Waals surface area (Å²) in [5, 5.41) is 11.3. The minimum Gasteiger partial charge on any atom is -0.467 e. The van der Waals surface area contributed by atoms with Crippen LogP contribution in [0.4, 0.5) is 5.69 Å². The van der Waals surface area contributed by atoms with Gasteiger partial charge in [0, 0.05) is 18.1 Å². The maximum Gasteiger partial charge on any atom is 0.249 e. The van der Waals surface area contributed by atoms with Crippen LogP contribution in [-0.4, -0.2) is 31.8 Å². The number of aryl methyl sites for hydroxylation is 1. The first kappa shape index (κ1) is 23.9. The van der Waals surface area contributed by atoms with Crippen molar-refractivity contribution >= 4 is 28.5 Å². The predicted octanol–water partition coefficient (Wildman–Crippen LogP) is 4.07. The Morgan fingerprint density at radius 1 is 1.00 bits per heavy atom. The van der Waals surface area contributed by atoms with Gasteiger partial charge in [0.05, 0.1) is 18.3 Å².